The highest BCUT2D eigenvalue weighted by Crippen LogP contribution is 2.36. The van der Waals surface area contributed by atoms with Crippen LogP contribution in [0.25, 0.3) is 10.8 Å². The van der Waals surface area contributed by atoms with Crippen molar-refractivity contribution >= 4 is 45.3 Å². The molecule has 4 aromatic rings. The van der Waals surface area contributed by atoms with Gasteiger partial charge in [-0.2, -0.15) is 20.1 Å². The fourth-order valence-electron chi connectivity index (χ4n) is 2.77. The Morgan fingerprint density at radius 1 is 0.800 bits per heavy atom. The van der Waals surface area contributed by atoms with Gasteiger partial charge in [-0.25, -0.2) is 0 Å². The minimum atomic E-state index is -0.0462. The fraction of sp³-hybridized carbons (Fsp3) is 0.0952. The number of azo groups is 1. The molecule has 0 N–H and O–H groups in total. The first kappa shape index (κ1) is 20.0. The van der Waals surface area contributed by atoms with E-state index in [2.05, 4.69) is 25.2 Å². The first-order valence-electron chi connectivity index (χ1n) is 9.03. The second-order valence-corrected chi connectivity index (χ2v) is 6.69. The molecule has 3 aromatic carbocycles. The summed E-state index contributed by atoms with van der Waals surface area (Å²) in [4.78, 5) is 11.6. The maximum Gasteiger partial charge on any atom is 0.327 e. The molecule has 30 heavy (non-hydrogen) atoms. The first-order valence-corrected chi connectivity index (χ1v) is 9.79. The van der Waals surface area contributed by atoms with E-state index in [1.54, 1.807) is 12.1 Å². The number of benzene rings is 3. The van der Waals surface area contributed by atoms with Gasteiger partial charge >= 0.3 is 6.01 Å². The Hall–Kier alpha value is -3.29. The maximum absolute atomic E-state index is 5.82. The molecule has 0 aliphatic carbocycles. The van der Waals surface area contributed by atoms with Gasteiger partial charge in [-0.3, -0.25) is 0 Å². The van der Waals surface area contributed by atoms with Crippen molar-refractivity contribution in [2.75, 3.05) is 6.61 Å². The van der Waals surface area contributed by atoms with Gasteiger partial charge < -0.3 is 9.47 Å². The third kappa shape index (κ3) is 4.64. The Labute approximate surface area is 182 Å². The topological polar surface area (TPSA) is 81.9 Å². The Kier molecular flexibility index (Phi) is 6.02. The normalized spacial score (nSPS) is 11.2. The Morgan fingerprint density at radius 3 is 2.20 bits per heavy atom. The van der Waals surface area contributed by atoms with Crippen molar-refractivity contribution in [1.29, 1.82) is 0 Å². The van der Waals surface area contributed by atoms with Gasteiger partial charge in [0.2, 0.25) is 10.6 Å². The molecule has 0 bridgehead atoms. The van der Waals surface area contributed by atoms with Crippen LogP contribution in [0.5, 0.6) is 17.5 Å². The number of hydrogen-bond donors (Lipinski definition) is 0. The van der Waals surface area contributed by atoms with E-state index >= 15 is 0 Å². The van der Waals surface area contributed by atoms with Crippen LogP contribution in [0.4, 0.5) is 11.4 Å². The second-order valence-electron chi connectivity index (χ2n) is 6.01. The number of fused-ring (bicyclic) bond motifs is 1. The molecule has 0 atom stereocenters. The summed E-state index contributed by atoms with van der Waals surface area (Å²) in [6.07, 6.45) is 0. The zero-order valence-corrected chi connectivity index (χ0v) is 17.3. The highest BCUT2D eigenvalue weighted by molar-refractivity contribution is 6.31. The molecular formula is C21H15Cl2N5O2. The lowest BCUT2D eigenvalue weighted by molar-refractivity contribution is 0.340. The van der Waals surface area contributed by atoms with Crippen LogP contribution in [-0.4, -0.2) is 21.6 Å². The first-order chi connectivity index (χ1) is 14.6. The molecule has 0 fully saturated rings. The van der Waals surface area contributed by atoms with E-state index in [0.29, 0.717) is 18.0 Å². The summed E-state index contributed by atoms with van der Waals surface area (Å²) in [5.41, 5.74) is 1.41. The second kappa shape index (κ2) is 9.02. The van der Waals surface area contributed by atoms with Crippen molar-refractivity contribution in [2.24, 2.45) is 10.2 Å². The average Bonchev–Trinajstić information content (AvgIpc) is 2.74. The Bertz CT molecular complexity index is 1200. The number of rotatable bonds is 6. The summed E-state index contributed by atoms with van der Waals surface area (Å²) in [6, 6.07) is 18.7. The summed E-state index contributed by atoms with van der Waals surface area (Å²) >= 11 is 11.6. The van der Waals surface area contributed by atoms with Gasteiger partial charge in [0, 0.05) is 10.8 Å². The van der Waals surface area contributed by atoms with Gasteiger partial charge in [-0.1, -0.05) is 24.3 Å². The maximum atomic E-state index is 5.82. The van der Waals surface area contributed by atoms with Crippen molar-refractivity contribution in [2.45, 2.75) is 6.92 Å². The molecule has 7 nitrogen and oxygen atoms in total. The summed E-state index contributed by atoms with van der Waals surface area (Å²) in [7, 11) is 0. The Morgan fingerprint density at radius 2 is 1.50 bits per heavy atom. The number of aromatic nitrogens is 3. The van der Waals surface area contributed by atoms with Gasteiger partial charge in [0.15, 0.2) is 0 Å². The van der Waals surface area contributed by atoms with Crippen molar-refractivity contribution < 1.29 is 9.47 Å². The molecule has 150 valence electrons. The van der Waals surface area contributed by atoms with Crippen LogP contribution in [0.15, 0.2) is 70.9 Å². The van der Waals surface area contributed by atoms with Crippen LogP contribution in [0.3, 0.4) is 0 Å². The van der Waals surface area contributed by atoms with Gasteiger partial charge in [0.1, 0.15) is 11.5 Å². The van der Waals surface area contributed by atoms with Crippen molar-refractivity contribution in [1.82, 2.24) is 15.0 Å². The highest BCUT2D eigenvalue weighted by atomic mass is 35.5. The van der Waals surface area contributed by atoms with E-state index in [4.69, 9.17) is 32.7 Å². The van der Waals surface area contributed by atoms with Gasteiger partial charge in [0.25, 0.3) is 0 Å². The molecule has 0 saturated carbocycles. The van der Waals surface area contributed by atoms with Crippen LogP contribution in [0.1, 0.15) is 6.92 Å². The number of hydrogen-bond acceptors (Lipinski definition) is 7. The van der Waals surface area contributed by atoms with Crippen LogP contribution in [0.2, 0.25) is 10.6 Å². The van der Waals surface area contributed by atoms with E-state index in [0.717, 1.165) is 22.2 Å². The molecule has 0 saturated heterocycles. The van der Waals surface area contributed by atoms with Gasteiger partial charge in [-0.05, 0) is 66.5 Å². The molecule has 9 heteroatoms. The molecule has 0 radical (unpaired) electrons. The molecule has 1 heterocycles. The molecule has 1 aromatic heterocycles. The summed E-state index contributed by atoms with van der Waals surface area (Å²) in [5, 5.41) is 10.3. The lowest BCUT2D eigenvalue weighted by Crippen LogP contribution is -1.95. The molecule has 0 amide bonds. The minimum Gasteiger partial charge on any atom is -0.494 e. The summed E-state index contributed by atoms with van der Waals surface area (Å²) in [6.45, 7) is 2.56. The molecule has 0 aliphatic heterocycles. The summed E-state index contributed by atoms with van der Waals surface area (Å²) in [5.74, 6) is 1.32. The van der Waals surface area contributed by atoms with E-state index in [1.807, 2.05) is 55.5 Å². The monoisotopic (exact) mass is 439 g/mol. The third-order valence-electron chi connectivity index (χ3n) is 4.04. The van der Waals surface area contributed by atoms with Crippen molar-refractivity contribution in [3.05, 3.63) is 71.2 Å². The smallest absolute Gasteiger partial charge is 0.327 e. The molecule has 0 aliphatic rings. The van der Waals surface area contributed by atoms with Crippen LogP contribution >= 0.6 is 23.2 Å². The third-order valence-corrected chi connectivity index (χ3v) is 4.38. The lowest BCUT2D eigenvalue weighted by Gasteiger charge is -2.09. The van der Waals surface area contributed by atoms with E-state index in [-0.39, 0.29) is 16.6 Å². The molecule has 0 spiro atoms. The largest absolute Gasteiger partial charge is 0.494 e. The van der Waals surface area contributed by atoms with E-state index in [9.17, 15) is 0 Å². The number of ether oxygens (including phenoxy) is 2. The van der Waals surface area contributed by atoms with Crippen LogP contribution in [-0.2, 0) is 0 Å². The highest BCUT2D eigenvalue weighted by Gasteiger charge is 2.11. The predicted molar refractivity (Wildman–Crippen MR) is 116 cm³/mol. The molecule has 0 unspecified atom stereocenters. The zero-order valence-electron chi connectivity index (χ0n) is 15.8. The lowest BCUT2D eigenvalue weighted by atomic mass is 10.1. The SMILES string of the molecule is CCOc1ccc(N=Nc2ccc(Oc3nc(Cl)nc(Cl)n3)c3ccccc23)cc1. The molecule has 4 rings (SSSR count). The van der Waals surface area contributed by atoms with Crippen LogP contribution < -0.4 is 9.47 Å². The van der Waals surface area contributed by atoms with Gasteiger partial charge in [-0.15, -0.1) is 5.11 Å². The predicted octanol–water partition coefficient (Wildman–Crippen LogP) is 6.94. The zero-order chi connectivity index (χ0) is 20.9. The van der Waals surface area contributed by atoms with Gasteiger partial charge in [0.05, 0.1) is 18.0 Å². The fourth-order valence-corrected chi connectivity index (χ4v) is 3.12. The summed E-state index contributed by atoms with van der Waals surface area (Å²) < 4.78 is 11.2. The van der Waals surface area contributed by atoms with Crippen LogP contribution in [0, 0.1) is 0 Å². The average molecular weight is 440 g/mol. The van der Waals surface area contributed by atoms with E-state index in [1.165, 1.54) is 0 Å². The quantitative estimate of drug-likeness (QED) is 0.304. The standard InChI is InChI=1S/C21H15Cl2N5O2/c1-2-29-14-9-7-13(8-10-14)27-28-17-11-12-18(16-6-4-3-5-15(16)17)30-21-25-19(22)24-20(23)26-21/h3-12H,2H2,1H3. The van der Waals surface area contributed by atoms with E-state index < -0.39 is 0 Å². The Balaban J connectivity index is 1.65. The minimum absolute atomic E-state index is 0.00826. The molecular weight excluding hydrogens is 425 g/mol. The van der Waals surface area contributed by atoms with Crippen molar-refractivity contribution in [3.8, 4) is 17.5 Å². The number of nitrogens with zero attached hydrogens (tertiary/aromatic N) is 5. The van der Waals surface area contributed by atoms with Crippen molar-refractivity contribution in [3.63, 3.8) is 0 Å². The number of halogens is 2.